The summed E-state index contributed by atoms with van der Waals surface area (Å²) in [5, 5.41) is 0.394. The largest absolute Gasteiger partial charge is 0.227 e. The van der Waals surface area contributed by atoms with Crippen LogP contribution in [0.4, 0.5) is 0 Å². The maximum absolute atomic E-state index is 5.45. The molecule has 2 heterocycles. The topological polar surface area (TPSA) is 25.8 Å². The number of fused-ring (bicyclic) bond motifs is 6. The van der Waals surface area contributed by atoms with Crippen LogP contribution >= 0.6 is 34.4 Å². The third-order valence-corrected chi connectivity index (χ3v) is 15.5. The van der Waals surface area contributed by atoms with Gasteiger partial charge in [-0.25, -0.2) is 9.97 Å². The second-order valence-corrected chi connectivity index (χ2v) is 18.7. The fourth-order valence-corrected chi connectivity index (χ4v) is 12.5. The predicted molar refractivity (Wildman–Crippen MR) is 270 cm³/mol. The summed E-state index contributed by atoms with van der Waals surface area (Å²) in [7, 11) is 0. The normalized spacial score (nSPS) is 16.3. The third-order valence-electron chi connectivity index (χ3n) is 13.0. The molecule has 0 N–H and O–H groups in total. The van der Waals surface area contributed by atoms with Crippen molar-refractivity contribution in [2.45, 2.75) is 21.5 Å². The molecule has 0 spiro atoms. The van der Waals surface area contributed by atoms with Gasteiger partial charge in [-0.2, -0.15) is 0 Å². The van der Waals surface area contributed by atoms with Crippen LogP contribution in [0.1, 0.15) is 33.7 Å². The Balaban J connectivity index is 1.04. The second kappa shape index (κ2) is 15.6. The quantitative estimate of drug-likeness (QED) is 0.149. The van der Waals surface area contributed by atoms with Gasteiger partial charge in [0.05, 0.1) is 20.4 Å². The van der Waals surface area contributed by atoms with Gasteiger partial charge in [-0.05, 0) is 95.9 Å². The molecule has 9 aromatic rings. The van der Waals surface area contributed by atoms with Crippen LogP contribution in [0.15, 0.2) is 229 Å². The van der Waals surface area contributed by atoms with Gasteiger partial charge in [0.1, 0.15) is 0 Å². The van der Waals surface area contributed by atoms with E-state index >= 15 is 0 Å². The van der Waals surface area contributed by atoms with Gasteiger partial charge in [0, 0.05) is 32.8 Å². The van der Waals surface area contributed by atoms with E-state index in [1.165, 1.54) is 66.1 Å². The van der Waals surface area contributed by atoms with E-state index in [0.717, 1.165) is 31.6 Å². The minimum absolute atomic E-state index is 0.370. The van der Waals surface area contributed by atoms with Gasteiger partial charge in [-0.1, -0.05) is 212 Å². The molecule has 8 aromatic carbocycles. The summed E-state index contributed by atoms with van der Waals surface area (Å²) in [5.41, 5.74) is 18.4. The first-order chi connectivity index (χ1) is 31.2. The number of allylic oxidation sites excluding steroid dienone is 3. The first-order valence-electron chi connectivity index (χ1n) is 21.5. The standard InChI is InChI=1S/C59H39IN2S/c60-54-55(40-20-7-2-8-21-40)61-58(62-56(54)47-29-17-28-46-45-27-14-16-31-53(45)63-57(46)47)41-34-32-39(33-35-41)49-37-52-50(36-48(49)38-18-5-1-6-19-38)44-26-13-15-30-51(44)59(52,42-22-9-3-10-23-42)43-24-11-4-12-25-43/h1-37,45,53H. The second-order valence-electron chi connectivity index (χ2n) is 16.4. The van der Waals surface area contributed by atoms with Crippen molar-refractivity contribution < 1.29 is 0 Å². The molecule has 63 heavy (non-hydrogen) atoms. The number of thioether (sulfide) groups is 1. The summed E-state index contributed by atoms with van der Waals surface area (Å²) in [6.45, 7) is 0. The number of hydrogen-bond donors (Lipinski definition) is 0. The monoisotopic (exact) mass is 934 g/mol. The average Bonchev–Trinajstić information content (AvgIpc) is 3.89. The van der Waals surface area contributed by atoms with E-state index < -0.39 is 5.41 Å². The first-order valence-corrected chi connectivity index (χ1v) is 23.5. The Morgan fingerprint density at radius 2 is 0.984 bits per heavy atom. The van der Waals surface area contributed by atoms with Crippen molar-refractivity contribution >= 4 is 34.4 Å². The number of nitrogens with zero attached hydrogens (tertiary/aromatic N) is 2. The minimum Gasteiger partial charge on any atom is -0.227 e. The molecule has 2 unspecified atom stereocenters. The van der Waals surface area contributed by atoms with E-state index in [4.69, 9.17) is 9.97 Å². The van der Waals surface area contributed by atoms with Crippen molar-refractivity contribution in [3.8, 4) is 67.3 Å². The zero-order valence-electron chi connectivity index (χ0n) is 34.2. The van der Waals surface area contributed by atoms with Gasteiger partial charge in [0.2, 0.25) is 0 Å². The highest BCUT2D eigenvalue weighted by Crippen LogP contribution is 2.58. The van der Waals surface area contributed by atoms with Crippen LogP contribution in [0.25, 0.3) is 67.3 Å². The van der Waals surface area contributed by atoms with Gasteiger partial charge in [-0.15, -0.1) is 11.8 Å². The van der Waals surface area contributed by atoms with Crippen LogP contribution in [-0.2, 0) is 5.41 Å². The predicted octanol–water partition coefficient (Wildman–Crippen LogP) is 15.5. The maximum atomic E-state index is 5.45. The molecule has 1 aliphatic heterocycles. The van der Waals surface area contributed by atoms with Crippen molar-refractivity contribution in [3.63, 3.8) is 0 Å². The smallest absolute Gasteiger partial charge is 0.160 e. The molecule has 0 fully saturated rings. The molecule has 0 saturated heterocycles. The van der Waals surface area contributed by atoms with E-state index in [2.05, 4.69) is 247 Å². The van der Waals surface area contributed by atoms with E-state index in [9.17, 15) is 0 Å². The lowest BCUT2D eigenvalue weighted by Crippen LogP contribution is -2.28. The van der Waals surface area contributed by atoms with Gasteiger partial charge in [-0.3, -0.25) is 0 Å². The molecular formula is C59H39IN2S. The molecule has 0 radical (unpaired) electrons. The number of benzene rings is 8. The Labute approximate surface area is 386 Å². The third kappa shape index (κ3) is 6.22. The van der Waals surface area contributed by atoms with Crippen LogP contribution < -0.4 is 0 Å². The summed E-state index contributed by atoms with van der Waals surface area (Å²) in [6.07, 6.45) is 9.03. The number of halogens is 1. The Hall–Kier alpha value is -6.60. The first kappa shape index (κ1) is 38.1. The van der Waals surface area contributed by atoms with E-state index in [0.29, 0.717) is 17.0 Å². The Morgan fingerprint density at radius 3 is 1.70 bits per heavy atom. The van der Waals surface area contributed by atoms with Crippen molar-refractivity contribution in [2.24, 2.45) is 0 Å². The molecule has 0 amide bonds. The van der Waals surface area contributed by atoms with Crippen LogP contribution in [-0.4, -0.2) is 15.2 Å². The highest BCUT2D eigenvalue weighted by atomic mass is 127. The molecule has 0 bridgehead atoms. The highest BCUT2D eigenvalue weighted by molar-refractivity contribution is 14.1. The summed E-state index contributed by atoms with van der Waals surface area (Å²) < 4.78 is 1.06. The highest BCUT2D eigenvalue weighted by Gasteiger charge is 2.46. The van der Waals surface area contributed by atoms with E-state index in [1.807, 2.05) is 11.8 Å². The van der Waals surface area contributed by atoms with Crippen LogP contribution in [0.2, 0.25) is 0 Å². The van der Waals surface area contributed by atoms with E-state index in [1.54, 1.807) is 0 Å². The SMILES string of the molecule is Ic1c(-c2ccccc2)nc(-c2ccc(-c3cc4c(cc3-c3ccccc3)-c3ccccc3C4(c3ccccc3)c3ccccc3)cc2)nc1-c1cccc2c1SC1C=CC=CC21. The van der Waals surface area contributed by atoms with Crippen LogP contribution in [0, 0.1) is 3.57 Å². The number of hydrogen-bond acceptors (Lipinski definition) is 3. The molecule has 1 aromatic heterocycles. The van der Waals surface area contributed by atoms with Gasteiger partial charge < -0.3 is 0 Å². The average molecular weight is 935 g/mol. The Kier molecular flexibility index (Phi) is 9.46. The Bertz CT molecular complexity index is 3210. The van der Waals surface area contributed by atoms with Crippen LogP contribution in [0.3, 0.4) is 0 Å². The van der Waals surface area contributed by atoms with Crippen molar-refractivity contribution in [1.29, 1.82) is 0 Å². The minimum atomic E-state index is -0.502. The molecule has 2 aliphatic carbocycles. The summed E-state index contributed by atoms with van der Waals surface area (Å²) in [5.74, 6) is 1.09. The molecule has 2 nitrogen and oxygen atoms in total. The number of aromatic nitrogens is 2. The molecular weight excluding hydrogens is 896 g/mol. The molecule has 298 valence electrons. The summed E-state index contributed by atoms with van der Waals surface area (Å²) in [6, 6.07) is 73.1. The van der Waals surface area contributed by atoms with Crippen molar-refractivity contribution in [1.82, 2.24) is 9.97 Å². The molecule has 3 aliphatic rings. The van der Waals surface area contributed by atoms with Crippen LogP contribution in [0.5, 0.6) is 0 Å². The lowest BCUT2D eigenvalue weighted by molar-refractivity contribution is 0.769. The summed E-state index contributed by atoms with van der Waals surface area (Å²) in [4.78, 5) is 12.1. The Morgan fingerprint density at radius 1 is 0.429 bits per heavy atom. The summed E-state index contributed by atoms with van der Waals surface area (Å²) >= 11 is 4.43. The maximum Gasteiger partial charge on any atom is 0.160 e. The van der Waals surface area contributed by atoms with E-state index in [-0.39, 0.29) is 0 Å². The molecule has 12 rings (SSSR count). The lowest BCUT2D eigenvalue weighted by atomic mass is 9.67. The molecule has 2 atom stereocenters. The zero-order chi connectivity index (χ0) is 41.9. The van der Waals surface area contributed by atoms with Crippen molar-refractivity contribution in [3.05, 3.63) is 256 Å². The zero-order valence-corrected chi connectivity index (χ0v) is 37.2. The molecule has 4 heteroatoms. The fraction of sp³-hybridized carbons (Fsp3) is 0.0508. The van der Waals surface area contributed by atoms with Gasteiger partial charge in [0.15, 0.2) is 5.82 Å². The van der Waals surface area contributed by atoms with Crippen molar-refractivity contribution in [2.75, 3.05) is 0 Å². The molecule has 0 saturated carbocycles. The lowest BCUT2D eigenvalue weighted by Gasteiger charge is -2.34. The fourth-order valence-electron chi connectivity index (χ4n) is 10.2. The van der Waals surface area contributed by atoms with Gasteiger partial charge >= 0.3 is 0 Å². The number of rotatable bonds is 7. The van der Waals surface area contributed by atoms with Gasteiger partial charge in [0.25, 0.3) is 0 Å².